The van der Waals surface area contributed by atoms with E-state index < -0.39 is 0 Å². The van der Waals surface area contributed by atoms with E-state index in [9.17, 15) is 0 Å². The molecule has 0 aromatic carbocycles. The molecule has 1 aromatic rings. The lowest BCUT2D eigenvalue weighted by atomic mass is 10.4. The monoisotopic (exact) mass is 212 g/mol. The Morgan fingerprint density at radius 1 is 1.43 bits per heavy atom. The second-order valence-corrected chi connectivity index (χ2v) is 4.09. The van der Waals surface area contributed by atoms with E-state index in [1.165, 1.54) is 0 Å². The summed E-state index contributed by atoms with van der Waals surface area (Å²) in [4.78, 5) is 4.20. The van der Waals surface area contributed by atoms with Gasteiger partial charge >= 0.3 is 0 Å². The van der Waals surface area contributed by atoms with Crippen molar-refractivity contribution in [3.8, 4) is 0 Å². The maximum atomic E-state index is 5.53. The second-order valence-electron chi connectivity index (χ2n) is 2.98. The molecule has 0 saturated heterocycles. The molecule has 2 N–H and O–H groups in total. The van der Waals surface area contributed by atoms with Gasteiger partial charge in [0.05, 0.1) is 16.9 Å². The molecule has 1 rings (SSSR count). The van der Waals surface area contributed by atoms with Crippen molar-refractivity contribution < 1.29 is 4.74 Å². The number of anilines is 1. The number of hydrogen-bond acceptors (Lipinski definition) is 4. The fraction of sp³-hybridized carbons (Fsp3) is 0.500. The molecule has 4 heteroatoms. The van der Waals surface area contributed by atoms with Gasteiger partial charge in [0.1, 0.15) is 0 Å². The molecular weight excluding hydrogens is 196 g/mol. The highest BCUT2D eigenvalue weighted by Crippen LogP contribution is 2.17. The minimum absolute atomic E-state index is 0.716. The van der Waals surface area contributed by atoms with Crippen molar-refractivity contribution in [1.29, 1.82) is 0 Å². The molecule has 1 heterocycles. The summed E-state index contributed by atoms with van der Waals surface area (Å²) in [5.41, 5.74) is 6.25. The van der Waals surface area contributed by atoms with Gasteiger partial charge in [-0.2, -0.15) is 0 Å². The van der Waals surface area contributed by atoms with Crippen LogP contribution in [0.4, 0.5) is 5.69 Å². The van der Waals surface area contributed by atoms with Crippen molar-refractivity contribution in [3.05, 3.63) is 18.3 Å². The zero-order valence-corrected chi connectivity index (χ0v) is 9.22. The Morgan fingerprint density at radius 3 is 2.93 bits per heavy atom. The molecule has 0 fully saturated rings. The van der Waals surface area contributed by atoms with Gasteiger partial charge in [0.15, 0.2) is 0 Å². The minimum atomic E-state index is 0.716. The topological polar surface area (TPSA) is 48.1 Å². The van der Waals surface area contributed by atoms with Gasteiger partial charge in [0.25, 0.3) is 0 Å². The second kappa shape index (κ2) is 6.68. The summed E-state index contributed by atoms with van der Waals surface area (Å²) < 4.78 is 4.97. The van der Waals surface area contributed by atoms with Crippen LogP contribution in [0.2, 0.25) is 0 Å². The van der Waals surface area contributed by atoms with Crippen LogP contribution >= 0.6 is 11.8 Å². The molecule has 0 aliphatic rings. The molecule has 0 aliphatic carbocycles. The fourth-order valence-electron chi connectivity index (χ4n) is 1.00. The van der Waals surface area contributed by atoms with Gasteiger partial charge in [0, 0.05) is 13.7 Å². The summed E-state index contributed by atoms with van der Waals surface area (Å²) in [7, 11) is 1.73. The summed E-state index contributed by atoms with van der Waals surface area (Å²) in [5, 5.41) is 1.04. The highest BCUT2D eigenvalue weighted by Gasteiger charge is 1.95. The molecule has 3 nitrogen and oxygen atoms in total. The molecule has 0 amide bonds. The third kappa shape index (κ3) is 4.48. The van der Waals surface area contributed by atoms with Crippen molar-refractivity contribution in [1.82, 2.24) is 4.98 Å². The number of nitrogen functional groups attached to an aromatic ring is 1. The quantitative estimate of drug-likeness (QED) is 0.580. The Morgan fingerprint density at radius 2 is 2.29 bits per heavy atom. The molecule has 0 saturated carbocycles. The number of nitrogens with two attached hydrogens (primary N) is 1. The Kier molecular flexibility index (Phi) is 5.40. The highest BCUT2D eigenvalue weighted by atomic mass is 32.2. The number of aromatic nitrogens is 1. The first-order chi connectivity index (χ1) is 6.83. The number of thioether (sulfide) groups is 1. The van der Waals surface area contributed by atoms with Crippen molar-refractivity contribution in [2.45, 2.75) is 17.9 Å². The van der Waals surface area contributed by atoms with Gasteiger partial charge in [-0.05, 0) is 30.7 Å². The van der Waals surface area contributed by atoms with Crippen molar-refractivity contribution in [2.24, 2.45) is 0 Å². The number of pyridine rings is 1. The first kappa shape index (κ1) is 11.3. The molecule has 0 spiro atoms. The summed E-state index contributed by atoms with van der Waals surface area (Å²) in [6.45, 7) is 0.843. The van der Waals surface area contributed by atoms with Crippen molar-refractivity contribution >= 4 is 17.4 Å². The predicted molar refractivity (Wildman–Crippen MR) is 60.5 cm³/mol. The van der Waals surface area contributed by atoms with Gasteiger partial charge in [-0.3, -0.25) is 0 Å². The lowest BCUT2D eigenvalue weighted by molar-refractivity contribution is 0.194. The Bertz CT molecular complexity index is 251. The fourth-order valence-corrected chi connectivity index (χ4v) is 1.85. The molecular formula is C10H16N2OS. The van der Waals surface area contributed by atoms with E-state index in [4.69, 9.17) is 10.5 Å². The lowest BCUT2D eigenvalue weighted by Gasteiger charge is -2.00. The van der Waals surface area contributed by atoms with E-state index in [0.29, 0.717) is 5.69 Å². The maximum absolute atomic E-state index is 5.53. The smallest absolute Gasteiger partial charge is 0.0961 e. The molecule has 0 radical (unpaired) electrons. The molecule has 1 aromatic heterocycles. The number of ether oxygens (including phenoxy) is 1. The van der Waals surface area contributed by atoms with Crippen LogP contribution < -0.4 is 5.73 Å². The third-order valence-electron chi connectivity index (χ3n) is 1.75. The van der Waals surface area contributed by atoms with Crippen LogP contribution in [-0.2, 0) is 4.74 Å². The SMILES string of the molecule is COCCCCSc1ccc(N)cn1. The summed E-state index contributed by atoms with van der Waals surface area (Å²) >= 11 is 1.76. The molecule has 14 heavy (non-hydrogen) atoms. The van der Waals surface area contributed by atoms with Crippen LogP contribution in [0.1, 0.15) is 12.8 Å². The summed E-state index contributed by atoms with van der Waals surface area (Å²) in [5.74, 6) is 1.08. The van der Waals surface area contributed by atoms with Gasteiger partial charge in [-0.1, -0.05) is 0 Å². The van der Waals surface area contributed by atoms with E-state index in [-0.39, 0.29) is 0 Å². The first-order valence-corrected chi connectivity index (χ1v) is 5.65. The zero-order chi connectivity index (χ0) is 10.2. The molecule has 0 unspecified atom stereocenters. The number of unbranched alkanes of at least 4 members (excludes halogenated alkanes) is 1. The normalized spacial score (nSPS) is 10.4. The van der Waals surface area contributed by atoms with Crippen molar-refractivity contribution in [3.63, 3.8) is 0 Å². The number of nitrogens with zero attached hydrogens (tertiary/aromatic N) is 1. The minimum Gasteiger partial charge on any atom is -0.397 e. The van der Waals surface area contributed by atoms with E-state index in [1.807, 2.05) is 12.1 Å². The summed E-state index contributed by atoms with van der Waals surface area (Å²) in [6.07, 6.45) is 3.96. The van der Waals surface area contributed by atoms with E-state index in [2.05, 4.69) is 4.98 Å². The highest BCUT2D eigenvalue weighted by molar-refractivity contribution is 7.99. The Hall–Kier alpha value is -0.740. The Labute approximate surface area is 89.1 Å². The first-order valence-electron chi connectivity index (χ1n) is 4.66. The third-order valence-corrected chi connectivity index (χ3v) is 2.78. The average molecular weight is 212 g/mol. The van der Waals surface area contributed by atoms with Gasteiger partial charge < -0.3 is 10.5 Å². The predicted octanol–water partition coefficient (Wildman–Crippen LogP) is 2.18. The summed E-state index contributed by atoms with van der Waals surface area (Å²) in [6, 6.07) is 3.83. The molecule has 78 valence electrons. The zero-order valence-electron chi connectivity index (χ0n) is 8.40. The molecule has 0 aliphatic heterocycles. The number of rotatable bonds is 6. The molecule has 0 bridgehead atoms. The van der Waals surface area contributed by atoms with Gasteiger partial charge in [-0.25, -0.2) is 4.98 Å². The van der Waals surface area contributed by atoms with Crippen LogP contribution in [0, 0.1) is 0 Å². The van der Waals surface area contributed by atoms with Gasteiger partial charge in [-0.15, -0.1) is 11.8 Å². The van der Waals surface area contributed by atoms with Crippen LogP contribution in [0.15, 0.2) is 23.4 Å². The van der Waals surface area contributed by atoms with Crippen LogP contribution in [0.5, 0.6) is 0 Å². The maximum Gasteiger partial charge on any atom is 0.0961 e. The van der Waals surface area contributed by atoms with Crippen LogP contribution in [-0.4, -0.2) is 24.5 Å². The van der Waals surface area contributed by atoms with Crippen LogP contribution in [0.25, 0.3) is 0 Å². The van der Waals surface area contributed by atoms with E-state index in [1.54, 1.807) is 25.1 Å². The molecule has 0 atom stereocenters. The van der Waals surface area contributed by atoms with Crippen molar-refractivity contribution in [2.75, 3.05) is 25.2 Å². The average Bonchev–Trinajstić information content (AvgIpc) is 2.21. The van der Waals surface area contributed by atoms with Gasteiger partial charge in [0.2, 0.25) is 0 Å². The lowest BCUT2D eigenvalue weighted by Crippen LogP contribution is -1.91. The largest absolute Gasteiger partial charge is 0.397 e. The van der Waals surface area contributed by atoms with Crippen LogP contribution in [0.3, 0.4) is 0 Å². The number of hydrogen-bond donors (Lipinski definition) is 1. The standard InChI is InChI=1S/C10H16N2OS/c1-13-6-2-3-7-14-10-5-4-9(11)8-12-10/h4-5,8H,2-3,6-7,11H2,1H3. The Balaban J connectivity index is 2.15. The van der Waals surface area contributed by atoms with E-state index >= 15 is 0 Å². The number of methoxy groups -OCH3 is 1. The van der Waals surface area contributed by atoms with E-state index in [0.717, 1.165) is 30.2 Å².